The van der Waals surface area contributed by atoms with E-state index in [4.69, 9.17) is 11.5 Å². The van der Waals surface area contributed by atoms with E-state index < -0.39 is 20.2 Å². The van der Waals surface area contributed by atoms with E-state index in [9.17, 15) is 25.9 Å². The molecule has 2 unspecified atom stereocenters. The second-order valence-corrected chi connectivity index (χ2v) is 14.4. The number of benzene rings is 4. The van der Waals surface area contributed by atoms with E-state index in [1.54, 1.807) is 0 Å². The van der Waals surface area contributed by atoms with Gasteiger partial charge in [-0.1, -0.05) is 25.7 Å². The molecule has 0 aliphatic heterocycles. The third-order valence-electron chi connectivity index (χ3n) is 7.31. The molecule has 1 aliphatic rings. The molecule has 14 nitrogen and oxygen atoms in total. The second-order valence-electron chi connectivity index (χ2n) is 11.6. The third-order valence-corrected chi connectivity index (χ3v) is 9.01. The van der Waals surface area contributed by atoms with Crippen LogP contribution in [0.25, 0.3) is 11.5 Å². The Bertz CT molecular complexity index is 1780. The summed E-state index contributed by atoms with van der Waals surface area (Å²) in [6.45, 7) is 0. The number of hydrogen-bond donors (Lipinski definition) is 0. The molecule has 0 amide bonds. The first-order valence-corrected chi connectivity index (χ1v) is 18.3. The van der Waals surface area contributed by atoms with Crippen molar-refractivity contribution in [2.75, 3.05) is 38.0 Å². The van der Waals surface area contributed by atoms with Crippen LogP contribution in [-0.4, -0.2) is 66.2 Å². The van der Waals surface area contributed by atoms with Gasteiger partial charge in [0.15, 0.2) is 0 Å². The van der Waals surface area contributed by atoms with Crippen molar-refractivity contribution in [1.29, 1.82) is 0 Å². The number of anilines is 2. The second kappa shape index (κ2) is 20.2. The van der Waals surface area contributed by atoms with E-state index >= 15 is 0 Å². The standard InChI is InChI=1S/2C14H15N3O3S.C6H12N2.Pt/c2*1-17(2)13-7-3-11(4-8-13)15-16-12-5-9-14(10-6-12)21(18,19)20;7-5-3-1-2-4-6(5)8;/h2*3-10H,1-2H3,(H,18,19,20);5-8H,1-4H2;/q;;-2;+4/p-2. The zero-order valence-electron chi connectivity index (χ0n) is 28.5. The maximum Gasteiger partial charge on any atom is 4.00 e. The predicted octanol–water partition coefficient (Wildman–Crippen LogP) is 8.54. The van der Waals surface area contributed by atoms with E-state index in [0.717, 1.165) is 24.2 Å². The quantitative estimate of drug-likeness (QED) is 0.123. The van der Waals surface area contributed by atoms with Crippen molar-refractivity contribution in [3.05, 3.63) is 109 Å². The van der Waals surface area contributed by atoms with Gasteiger partial charge in [-0.2, -0.15) is 32.5 Å². The Balaban J connectivity index is 0.000000286. The normalized spacial score (nSPS) is 15.9. The molecule has 5 rings (SSSR count). The van der Waals surface area contributed by atoms with E-state index in [1.807, 2.05) is 86.5 Å². The molecule has 0 aromatic heterocycles. The van der Waals surface area contributed by atoms with Crippen LogP contribution in [0.3, 0.4) is 0 Å². The topological polar surface area (TPSA) is 218 Å². The molecule has 2 atom stereocenters. The summed E-state index contributed by atoms with van der Waals surface area (Å²) in [5.74, 6) is 0. The minimum atomic E-state index is -4.43. The Morgan fingerprint density at radius 3 is 0.941 bits per heavy atom. The Kier molecular flexibility index (Phi) is 17.2. The molecule has 51 heavy (non-hydrogen) atoms. The SMILES string of the molecule is CN(C)c1ccc(N=Nc2ccc(S(=O)(=O)[O-])cc2)cc1.CN(C)c1ccc(N=Nc2ccc(S(=O)(=O)[O-])cc2)cc1.[NH-]C1CCCCC1[NH-].[Pt+4]. The van der Waals surface area contributed by atoms with Gasteiger partial charge in [0.05, 0.1) is 32.5 Å². The fourth-order valence-corrected chi connectivity index (χ4v) is 5.29. The number of nitrogens with zero attached hydrogens (tertiary/aromatic N) is 6. The van der Waals surface area contributed by atoms with Crippen LogP contribution in [0.4, 0.5) is 34.1 Å². The molecule has 17 heteroatoms. The fourth-order valence-electron chi connectivity index (χ4n) is 4.36. The summed E-state index contributed by atoms with van der Waals surface area (Å²) in [6, 6.07) is 25.4. The maximum atomic E-state index is 10.8. The first-order chi connectivity index (χ1) is 23.5. The van der Waals surface area contributed by atoms with E-state index in [0.29, 0.717) is 22.7 Å². The third kappa shape index (κ3) is 15.1. The minimum Gasteiger partial charge on any atom is -0.744 e. The first kappa shape index (κ1) is 43.3. The summed E-state index contributed by atoms with van der Waals surface area (Å²) in [5, 5.41) is 16.1. The van der Waals surface area contributed by atoms with Crippen LogP contribution >= 0.6 is 0 Å². The number of nitrogens with one attached hydrogen (secondary N) is 2. The van der Waals surface area contributed by atoms with Gasteiger partial charge in [0, 0.05) is 39.6 Å². The summed E-state index contributed by atoms with van der Waals surface area (Å²) >= 11 is 0. The van der Waals surface area contributed by atoms with Gasteiger partial charge in [0.2, 0.25) is 0 Å². The largest absolute Gasteiger partial charge is 4.00 e. The van der Waals surface area contributed by atoms with Crippen LogP contribution < -0.4 is 9.80 Å². The van der Waals surface area contributed by atoms with Crippen molar-refractivity contribution in [1.82, 2.24) is 0 Å². The maximum absolute atomic E-state index is 10.8. The molecular formula is C34H40N8O6PtS2. The zero-order valence-corrected chi connectivity index (χ0v) is 32.4. The van der Waals surface area contributed by atoms with E-state index in [2.05, 4.69) is 20.5 Å². The van der Waals surface area contributed by atoms with Crippen LogP contribution in [0.1, 0.15) is 25.7 Å². The molecule has 0 saturated heterocycles. The van der Waals surface area contributed by atoms with Crippen LogP contribution in [0.2, 0.25) is 0 Å². The van der Waals surface area contributed by atoms with Crippen LogP contribution in [0.15, 0.2) is 127 Å². The summed E-state index contributed by atoms with van der Waals surface area (Å²) in [6.07, 6.45) is 4.25. The molecule has 0 radical (unpaired) electrons. The van der Waals surface area contributed by atoms with Crippen LogP contribution in [0.5, 0.6) is 0 Å². The molecular weight excluding hydrogens is 876 g/mol. The smallest absolute Gasteiger partial charge is 0.744 e. The predicted molar refractivity (Wildman–Crippen MR) is 193 cm³/mol. The summed E-state index contributed by atoms with van der Waals surface area (Å²) in [5.41, 5.74) is 19.0. The van der Waals surface area contributed by atoms with Crippen LogP contribution in [0, 0.1) is 0 Å². The molecule has 4 aromatic rings. The van der Waals surface area contributed by atoms with Crippen LogP contribution in [-0.2, 0) is 41.3 Å². The van der Waals surface area contributed by atoms with Crippen molar-refractivity contribution < 1.29 is 47.0 Å². The van der Waals surface area contributed by atoms with Crippen molar-refractivity contribution >= 4 is 54.4 Å². The molecule has 2 N–H and O–H groups in total. The number of hydrogen-bond acceptors (Lipinski definition) is 12. The summed E-state index contributed by atoms with van der Waals surface area (Å²) < 4.78 is 64.8. The molecule has 4 aromatic carbocycles. The Labute approximate surface area is 314 Å². The van der Waals surface area contributed by atoms with Crippen molar-refractivity contribution in [2.24, 2.45) is 20.5 Å². The van der Waals surface area contributed by atoms with Crippen molar-refractivity contribution in [3.8, 4) is 0 Å². The summed E-state index contributed by atoms with van der Waals surface area (Å²) in [7, 11) is -1.07. The van der Waals surface area contributed by atoms with Gasteiger partial charge >= 0.3 is 21.1 Å². The monoisotopic (exact) mass is 915 g/mol. The van der Waals surface area contributed by atoms with Gasteiger partial charge in [-0.15, -0.1) is 0 Å². The molecule has 1 fully saturated rings. The molecule has 274 valence electrons. The van der Waals surface area contributed by atoms with Crippen molar-refractivity contribution in [3.63, 3.8) is 0 Å². The molecule has 1 aliphatic carbocycles. The minimum absolute atomic E-state index is 0. The number of rotatable bonds is 8. The average Bonchev–Trinajstić information content (AvgIpc) is 3.08. The Hall–Kier alpha value is -3.89. The summed E-state index contributed by atoms with van der Waals surface area (Å²) in [4.78, 5) is 3.39. The van der Waals surface area contributed by atoms with Gasteiger partial charge in [0.25, 0.3) is 0 Å². The van der Waals surface area contributed by atoms with Gasteiger partial charge < -0.3 is 30.4 Å². The molecule has 0 heterocycles. The average molecular weight is 916 g/mol. The fraction of sp³-hybridized carbons (Fsp3) is 0.294. The zero-order chi connectivity index (χ0) is 36.9. The van der Waals surface area contributed by atoms with Gasteiger partial charge in [-0.05, 0) is 97.1 Å². The first-order valence-electron chi connectivity index (χ1n) is 15.5. The van der Waals surface area contributed by atoms with Gasteiger partial charge in [-0.25, -0.2) is 16.8 Å². The molecule has 0 spiro atoms. The molecule has 1 saturated carbocycles. The Morgan fingerprint density at radius 2 is 0.745 bits per heavy atom. The Morgan fingerprint density at radius 1 is 0.510 bits per heavy atom. The van der Waals surface area contributed by atoms with Crippen molar-refractivity contribution in [2.45, 2.75) is 47.6 Å². The van der Waals surface area contributed by atoms with E-state index in [1.165, 1.54) is 61.4 Å². The van der Waals surface area contributed by atoms with E-state index in [-0.39, 0.29) is 42.9 Å². The number of azo groups is 2. The van der Waals surface area contributed by atoms with Gasteiger partial charge in [0.1, 0.15) is 20.2 Å². The molecule has 0 bridgehead atoms. The van der Waals surface area contributed by atoms with Gasteiger partial charge in [-0.3, -0.25) is 0 Å².